The highest BCUT2D eigenvalue weighted by molar-refractivity contribution is 5.89. The summed E-state index contributed by atoms with van der Waals surface area (Å²) in [5, 5.41) is 2.93. The summed E-state index contributed by atoms with van der Waals surface area (Å²) in [6.45, 7) is 3.35. The molecule has 1 fully saturated rings. The van der Waals surface area contributed by atoms with Crippen LogP contribution in [0.25, 0.3) is 0 Å². The van der Waals surface area contributed by atoms with Gasteiger partial charge in [0.15, 0.2) is 0 Å². The zero-order chi connectivity index (χ0) is 16.1. The van der Waals surface area contributed by atoms with Crippen molar-refractivity contribution in [3.8, 4) is 11.5 Å². The largest absolute Gasteiger partial charge is 0.457 e. The maximum Gasteiger partial charge on any atom is 0.321 e. The number of urea groups is 1. The lowest BCUT2D eigenvalue weighted by Gasteiger charge is -2.32. The molecule has 5 heteroatoms. The number of piperazine rings is 1. The van der Waals surface area contributed by atoms with Crippen LogP contribution in [0.3, 0.4) is 0 Å². The molecule has 0 spiro atoms. The van der Waals surface area contributed by atoms with Crippen molar-refractivity contribution in [1.29, 1.82) is 0 Å². The number of nitrogens with zero attached hydrogens (tertiary/aromatic N) is 2. The quantitative estimate of drug-likeness (QED) is 0.946. The molecule has 1 saturated heterocycles. The molecule has 0 unspecified atom stereocenters. The Hall–Kier alpha value is -2.53. The van der Waals surface area contributed by atoms with E-state index in [0.717, 1.165) is 43.4 Å². The third kappa shape index (κ3) is 4.23. The molecule has 3 rings (SSSR count). The third-order valence-electron chi connectivity index (χ3n) is 3.87. The van der Waals surface area contributed by atoms with Crippen LogP contribution >= 0.6 is 0 Å². The van der Waals surface area contributed by atoms with E-state index in [4.69, 9.17) is 4.74 Å². The number of amides is 2. The van der Waals surface area contributed by atoms with Gasteiger partial charge in [0.1, 0.15) is 11.5 Å². The number of benzene rings is 2. The standard InChI is InChI=1S/C18H21N3O2/c1-20-11-13-21(14-12-20)18(22)19-15-7-9-17(10-8-15)23-16-5-3-2-4-6-16/h2-10H,11-14H2,1H3,(H,19,22). The highest BCUT2D eigenvalue weighted by Gasteiger charge is 2.18. The van der Waals surface area contributed by atoms with Gasteiger partial charge in [0.05, 0.1) is 0 Å². The normalized spacial score (nSPS) is 15.3. The first-order valence-electron chi connectivity index (χ1n) is 7.78. The van der Waals surface area contributed by atoms with E-state index in [1.165, 1.54) is 0 Å². The second kappa shape index (κ2) is 7.15. The average Bonchev–Trinajstić information content (AvgIpc) is 2.58. The number of likely N-dealkylation sites (N-methyl/N-ethyl adjacent to an activating group) is 1. The number of carbonyl (C=O) groups is 1. The first kappa shape index (κ1) is 15.4. The van der Waals surface area contributed by atoms with Crippen LogP contribution in [-0.2, 0) is 0 Å². The molecule has 2 aromatic carbocycles. The molecule has 2 aromatic rings. The molecule has 0 radical (unpaired) electrons. The van der Waals surface area contributed by atoms with Crippen molar-refractivity contribution in [3.63, 3.8) is 0 Å². The summed E-state index contributed by atoms with van der Waals surface area (Å²) in [6, 6.07) is 17.0. The number of rotatable bonds is 3. The monoisotopic (exact) mass is 311 g/mol. The maximum absolute atomic E-state index is 12.2. The van der Waals surface area contributed by atoms with Gasteiger partial charge < -0.3 is 19.9 Å². The van der Waals surface area contributed by atoms with Crippen molar-refractivity contribution in [1.82, 2.24) is 9.80 Å². The molecule has 2 amide bonds. The van der Waals surface area contributed by atoms with E-state index in [-0.39, 0.29) is 6.03 Å². The number of para-hydroxylation sites is 1. The SMILES string of the molecule is CN1CCN(C(=O)Nc2ccc(Oc3ccccc3)cc2)CC1. The van der Waals surface area contributed by atoms with E-state index in [0.29, 0.717) is 0 Å². The van der Waals surface area contributed by atoms with Crippen LogP contribution < -0.4 is 10.1 Å². The number of hydrogen-bond donors (Lipinski definition) is 1. The van der Waals surface area contributed by atoms with E-state index >= 15 is 0 Å². The van der Waals surface area contributed by atoms with Gasteiger partial charge in [0, 0.05) is 31.9 Å². The number of anilines is 1. The van der Waals surface area contributed by atoms with Crippen molar-refractivity contribution in [2.45, 2.75) is 0 Å². The molecule has 1 aliphatic rings. The first-order valence-corrected chi connectivity index (χ1v) is 7.78. The number of carbonyl (C=O) groups excluding carboxylic acids is 1. The minimum absolute atomic E-state index is 0.0465. The Labute approximate surface area is 136 Å². The van der Waals surface area contributed by atoms with Gasteiger partial charge in [-0.3, -0.25) is 0 Å². The molecule has 0 saturated carbocycles. The van der Waals surface area contributed by atoms with Gasteiger partial charge in [0.2, 0.25) is 0 Å². The van der Waals surface area contributed by atoms with Crippen LogP contribution in [0.15, 0.2) is 54.6 Å². The van der Waals surface area contributed by atoms with Crippen molar-refractivity contribution >= 4 is 11.7 Å². The molecule has 0 atom stereocenters. The van der Waals surface area contributed by atoms with Gasteiger partial charge in [-0.05, 0) is 43.4 Å². The highest BCUT2D eigenvalue weighted by atomic mass is 16.5. The van der Waals surface area contributed by atoms with Crippen LogP contribution in [0, 0.1) is 0 Å². The molecule has 1 N–H and O–H groups in total. The van der Waals surface area contributed by atoms with E-state index in [9.17, 15) is 4.79 Å². The lowest BCUT2D eigenvalue weighted by Crippen LogP contribution is -2.48. The summed E-state index contributed by atoms with van der Waals surface area (Å²) < 4.78 is 5.74. The Morgan fingerprint density at radius 3 is 2.17 bits per heavy atom. The molecule has 1 aliphatic heterocycles. The molecule has 0 aliphatic carbocycles. The molecule has 1 heterocycles. The molecular formula is C18H21N3O2. The van der Waals surface area contributed by atoms with Crippen molar-refractivity contribution < 1.29 is 9.53 Å². The number of nitrogens with one attached hydrogen (secondary N) is 1. The van der Waals surface area contributed by atoms with Crippen LogP contribution in [0.2, 0.25) is 0 Å². The molecule has 23 heavy (non-hydrogen) atoms. The Bertz CT molecular complexity index is 635. The van der Waals surface area contributed by atoms with E-state index in [1.54, 1.807) is 0 Å². The topological polar surface area (TPSA) is 44.8 Å². The predicted octanol–water partition coefficient (Wildman–Crippen LogP) is 3.26. The smallest absolute Gasteiger partial charge is 0.321 e. The average molecular weight is 311 g/mol. The lowest BCUT2D eigenvalue weighted by molar-refractivity contribution is 0.164. The Morgan fingerprint density at radius 1 is 0.913 bits per heavy atom. The molecule has 120 valence electrons. The van der Waals surface area contributed by atoms with E-state index < -0.39 is 0 Å². The summed E-state index contributed by atoms with van der Waals surface area (Å²) in [5.74, 6) is 1.54. The highest BCUT2D eigenvalue weighted by Crippen LogP contribution is 2.22. The number of hydrogen-bond acceptors (Lipinski definition) is 3. The van der Waals surface area contributed by atoms with Crippen molar-refractivity contribution in [2.75, 3.05) is 38.5 Å². The van der Waals surface area contributed by atoms with Crippen LogP contribution in [0.4, 0.5) is 10.5 Å². The minimum atomic E-state index is -0.0465. The van der Waals surface area contributed by atoms with Gasteiger partial charge in [-0.2, -0.15) is 0 Å². The second-order valence-electron chi connectivity index (χ2n) is 5.66. The number of ether oxygens (including phenoxy) is 1. The van der Waals surface area contributed by atoms with Gasteiger partial charge >= 0.3 is 6.03 Å². The van der Waals surface area contributed by atoms with E-state index in [1.807, 2.05) is 59.5 Å². The molecule has 0 aromatic heterocycles. The Kier molecular flexibility index (Phi) is 4.78. The maximum atomic E-state index is 12.2. The zero-order valence-corrected chi connectivity index (χ0v) is 13.2. The summed E-state index contributed by atoms with van der Waals surface area (Å²) in [6.07, 6.45) is 0. The van der Waals surface area contributed by atoms with Crippen molar-refractivity contribution in [3.05, 3.63) is 54.6 Å². The summed E-state index contributed by atoms with van der Waals surface area (Å²) >= 11 is 0. The van der Waals surface area contributed by atoms with Crippen LogP contribution in [-0.4, -0.2) is 49.1 Å². The Morgan fingerprint density at radius 2 is 1.52 bits per heavy atom. The van der Waals surface area contributed by atoms with Gasteiger partial charge in [0.25, 0.3) is 0 Å². The van der Waals surface area contributed by atoms with Gasteiger partial charge in [-0.15, -0.1) is 0 Å². The molecular weight excluding hydrogens is 290 g/mol. The van der Waals surface area contributed by atoms with Gasteiger partial charge in [-0.1, -0.05) is 18.2 Å². The summed E-state index contributed by atoms with van der Waals surface area (Å²) in [7, 11) is 2.07. The summed E-state index contributed by atoms with van der Waals surface area (Å²) in [5.41, 5.74) is 0.773. The fraction of sp³-hybridized carbons (Fsp3) is 0.278. The molecule has 5 nitrogen and oxygen atoms in total. The summed E-state index contributed by atoms with van der Waals surface area (Å²) in [4.78, 5) is 16.3. The zero-order valence-electron chi connectivity index (χ0n) is 13.2. The first-order chi connectivity index (χ1) is 11.2. The van der Waals surface area contributed by atoms with E-state index in [2.05, 4.69) is 17.3 Å². The second-order valence-corrected chi connectivity index (χ2v) is 5.66. The third-order valence-corrected chi connectivity index (χ3v) is 3.87. The van der Waals surface area contributed by atoms with Gasteiger partial charge in [-0.25, -0.2) is 4.79 Å². The fourth-order valence-corrected chi connectivity index (χ4v) is 2.44. The van der Waals surface area contributed by atoms with Crippen LogP contribution in [0.5, 0.6) is 11.5 Å². The predicted molar refractivity (Wildman–Crippen MR) is 91.0 cm³/mol. The lowest BCUT2D eigenvalue weighted by atomic mass is 10.3. The molecule has 0 bridgehead atoms. The fourth-order valence-electron chi connectivity index (χ4n) is 2.44. The van der Waals surface area contributed by atoms with Crippen molar-refractivity contribution in [2.24, 2.45) is 0 Å². The van der Waals surface area contributed by atoms with Crippen LogP contribution in [0.1, 0.15) is 0 Å². The Balaban J connectivity index is 1.56. The minimum Gasteiger partial charge on any atom is -0.457 e.